The Morgan fingerprint density at radius 3 is 2.66 bits per heavy atom. The summed E-state index contributed by atoms with van der Waals surface area (Å²) in [5, 5.41) is 20.2. The summed E-state index contributed by atoms with van der Waals surface area (Å²) in [6, 6.07) is 11.2. The van der Waals surface area contributed by atoms with Crippen molar-refractivity contribution in [3.63, 3.8) is 0 Å². The van der Waals surface area contributed by atoms with Crippen molar-refractivity contribution in [2.45, 2.75) is 40.2 Å². The summed E-state index contributed by atoms with van der Waals surface area (Å²) >= 11 is 0. The molecular weight excluding hydrogens is 411 g/mol. The molecule has 168 valence electrons. The zero-order valence-corrected chi connectivity index (χ0v) is 17.3. The number of benzene rings is 2. The molecule has 32 heavy (non-hydrogen) atoms. The largest absolute Gasteiger partial charge is 0.476 e. The third kappa shape index (κ3) is 4.34. The summed E-state index contributed by atoms with van der Waals surface area (Å²) in [4.78, 5) is 24.3. The average molecular weight is 439 g/mol. The fourth-order valence-corrected chi connectivity index (χ4v) is 3.76. The quantitative estimate of drug-likeness (QED) is 0.545. The molecule has 7 nitrogen and oxygen atoms in total. The molecule has 1 unspecified atom stereocenters. The molecule has 0 aliphatic carbocycles. The van der Waals surface area contributed by atoms with E-state index >= 15 is 0 Å². The molecule has 3 N–H and O–H groups in total. The number of carbonyl (C=O) groups excluding carboxylic acids is 1. The Labute approximate surface area is 186 Å². The highest BCUT2D eigenvalue weighted by molar-refractivity contribution is 5.95. The normalized spacial score (nSPS) is 14.7. The number of aryl methyl sites for hydroxylation is 1. The van der Waals surface area contributed by atoms with Crippen LogP contribution < -0.4 is 10.6 Å². The lowest BCUT2D eigenvalue weighted by atomic mass is 9.98. The molecule has 0 saturated heterocycles. The van der Waals surface area contributed by atoms with Gasteiger partial charge in [0.2, 0.25) is 0 Å². The van der Waals surface area contributed by atoms with E-state index in [-0.39, 0.29) is 31.5 Å². The van der Waals surface area contributed by atoms with E-state index in [0.717, 1.165) is 17.7 Å². The number of halogens is 1. The van der Waals surface area contributed by atoms with Crippen molar-refractivity contribution in [1.29, 1.82) is 0 Å². The van der Waals surface area contributed by atoms with Crippen molar-refractivity contribution in [3.05, 3.63) is 76.4 Å². The van der Waals surface area contributed by atoms with Crippen LogP contribution in [0.5, 0.6) is 0 Å². The monoisotopic (exact) mass is 438 g/mol. The molecule has 2 aromatic carbocycles. The van der Waals surface area contributed by atoms with Crippen molar-refractivity contribution in [1.82, 2.24) is 15.1 Å². The van der Waals surface area contributed by atoms with E-state index in [0.29, 0.717) is 29.0 Å². The van der Waals surface area contributed by atoms with Gasteiger partial charge in [-0.3, -0.25) is 4.79 Å². The third-order valence-corrected chi connectivity index (χ3v) is 5.54. The summed E-state index contributed by atoms with van der Waals surface area (Å²) < 4.78 is 14.9. The minimum atomic E-state index is -1.04. The minimum Gasteiger partial charge on any atom is -0.476 e. The van der Waals surface area contributed by atoms with Crippen molar-refractivity contribution >= 4 is 17.6 Å². The van der Waals surface area contributed by atoms with Crippen LogP contribution in [0.3, 0.4) is 0 Å². The van der Waals surface area contributed by atoms with Gasteiger partial charge in [0, 0.05) is 24.6 Å². The van der Waals surface area contributed by atoms with Gasteiger partial charge in [0.15, 0.2) is 5.69 Å². The summed E-state index contributed by atoms with van der Waals surface area (Å²) in [6.07, 6.45) is 0.895. The van der Waals surface area contributed by atoms with Gasteiger partial charge in [-0.15, -0.1) is 0 Å². The first kappa shape index (κ1) is 23.0. The number of aromatic carboxylic acids is 1. The molecular formula is C24H27FN4O3. The van der Waals surface area contributed by atoms with Gasteiger partial charge in [0.25, 0.3) is 5.91 Å². The smallest absolute Gasteiger partial charge is 0.356 e. The number of hydrogen-bond acceptors (Lipinski definition) is 4. The molecule has 1 atom stereocenters. The zero-order valence-electron chi connectivity index (χ0n) is 17.3. The van der Waals surface area contributed by atoms with E-state index in [4.69, 9.17) is 0 Å². The second kappa shape index (κ2) is 9.21. The van der Waals surface area contributed by atoms with Crippen LogP contribution in [0.2, 0.25) is 0 Å². The predicted molar refractivity (Wildman–Crippen MR) is 121 cm³/mol. The van der Waals surface area contributed by atoms with Gasteiger partial charge in [0.05, 0.1) is 17.1 Å². The average Bonchev–Trinajstić information content (AvgIpc) is 3.15. The van der Waals surface area contributed by atoms with Crippen LogP contribution in [0.1, 0.15) is 64.4 Å². The van der Waals surface area contributed by atoms with Crippen LogP contribution >= 0.6 is 0 Å². The Morgan fingerprint density at radius 1 is 1.25 bits per heavy atom. The number of aromatic nitrogens is 2. The Bertz CT molecular complexity index is 1150. The molecule has 0 saturated carbocycles. The number of carbonyl (C=O) groups is 2. The van der Waals surface area contributed by atoms with Gasteiger partial charge in [-0.1, -0.05) is 32.5 Å². The van der Waals surface area contributed by atoms with Crippen molar-refractivity contribution in [3.8, 4) is 5.69 Å². The van der Waals surface area contributed by atoms with E-state index in [1.165, 1.54) is 16.8 Å². The van der Waals surface area contributed by atoms with Gasteiger partial charge in [-0.25, -0.2) is 13.9 Å². The molecule has 1 amide bonds. The molecule has 1 aromatic heterocycles. The number of rotatable bonds is 5. The lowest BCUT2D eigenvalue weighted by Crippen LogP contribution is -2.23. The van der Waals surface area contributed by atoms with E-state index < -0.39 is 11.8 Å². The molecule has 0 radical (unpaired) electrons. The second-order valence-corrected chi connectivity index (χ2v) is 7.75. The summed E-state index contributed by atoms with van der Waals surface area (Å²) in [5.74, 6) is -1.68. The summed E-state index contributed by atoms with van der Waals surface area (Å²) in [5.41, 5.74) is 3.89. The van der Waals surface area contributed by atoms with Crippen molar-refractivity contribution in [2.24, 2.45) is 0 Å². The van der Waals surface area contributed by atoms with Crippen LogP contribution in [0, 0.1) is 12.7 Å². The Hall–Kier alpha value is -3.68. The maximum atomic E-state index is 13.4. The second-order valence-electron chi connectivity index (χ2n) is 7.75. The number of nitrogens with zero attached hydrogens (tertiary/aromatic N) is 2. The van der Waals surface area contributed by atoms with Crippen LogP contribution in [-0.4, -0.2) is 33.3 Å². The Kier molecular flexibility index (Phi) is 6.62. The fourth-order valence-electron chi connectivity index (χ4n) is 3.76. The topological polar surface area (TPSA) is 96.2 Å². The third-order valence-electron chi connectivity index (χ3n) is 5.54. The SMILES string of the molecule is C.Cc1ccc(F)cc1C(=O)NCc1ccc(-n2nc3c(c2C(=O)O)NCCC3C)cc1. The van der Waals surface area contributed by atoms with E-state index in [2.05, 4.69) is 15.7 Å². The number of amides is 1. The van der Waals surface area contributed by atoms with Crippen molar-refractivity contribution in [2.75, 3.05) is 11.9 Å². The first-order chi connectivity index (χ1) is 14.8. The molecule has 1 aliphatic rings. The number of carboxylic acids is 1. The van der Waals surface area contributed by atoms with Crippen molar-refractivity contribution < 1.29 is 19.1 Å². The fraction of sp³-hybridized carbons (Fsp3) is 0.292. The maximum absolute atomic E-state index is 13.4. The Balaban J connectivity index is 0.00000289. The minimum absolute atomic E-state index is 0. The first-order valence-corrected chi connectivity index (χ1v) is 10.1. The van der Waals surface area contributed by atoms with E-state index in [9.17, 15) is 19.1 Å². The zero-order chi connectivity index (χ0) is 22.1. The van der Waals surface area contributed by atoms with E-state index in [1.54, 1.807) is 37.3 Å². The molecule has 4 rings (SSSR count). The molecule has 1 aliphatic heterocycles. The molecule has 2 heterocycles. The molecule has 3 aromatic rings. The number of carboxylic acid groups (broad SMARTS) is 1. The standard InChI is InChI=1S/C23H23FN4O3.CH4/c1-13-3-6-16(24)11-18(13)22(29)26-12-15-4-7-17(8-5-15)28-21(23(30)31)20-19(27-28)14(2)9-10-25-20;/h3-8,11,14,25H,9-10,12H2,1-2H3,(H,26,29)(H,30,31);1H4. The van der Waals surface area contributed by atoms with Gasteiger partial charge in [-0.05, 0) is 48.7 Å². The van der Waals surface area contributed by atoms with Crippen LogP contribution in [-0.2, 0) is 6.54 Å². The first-order valence-electron chi connectivity index (χ1n) is 10.1. The van der Waals surface area contributed by atoms with Gasteiger partial charge < -0.3 is 15.7 Å². The Morgan fingerprint density at radius 2 is 1.97 bits per heavy atom. The highest BCUT2D eigenvalue weighted by atomic mass is 19.1. The highest BCUT2D eigenvalue weighted by Crippen LogP contribution is 2.34. The predicted octanol–water partition coefficient (Wildman–Crippen LogP) is 4.50. The highest BCUT2D eigenvalue weighted by Gasteiger charge is 2.29. The molecule has 8 heteroatoms. The van der Waals surface area contributed by atoms with Gasteiger partial charge in [0.1, 0.15) is 5.82 Å². The maximum Gasteiger partial charge on any atom is 0.356 e. The van der Waals surface area contributed by atoms with Gasteiger partial charge in [-0.2, -0.15) is 5.10 Å². The number of hydrogen-bond donors (Lipinski definition) is 3. The van der Waals surface area contributed by atoms with Crippen LogP contribution in [0.15, 0.2) is 42.5 Å². The van der Waals surface area contributed by atoms with Gasteiger partial charge >= 0.3 is 5.97 Å². The molecule has 0 spiro atoms. The van der Waals surface area contributed by atoms with E-state index in [1.807, 2.05) is 6.92 Å². The number of anilines is 1. The molecule has 0 fully saturated rings. The molecule has 0 bridgehead atoms. The number of nitrogens with one attached hydrogen (secondary N) is 2. The number of fused-ring (bicyclic) bond motifs is 1. The summed E-state index contributed by atoms with van der Waals surface area (Å²) in [7, 11) is 0. The summed E-state index contributed by atoms with van der Waals surface area (Å²) in [6.45, 7) is 4.76. The van der Waals surface area contributed by atoms with Crippen LogP contribution in [0.25, 0.3) is 5.69 Å². The lowest BCUT2D eigenvalue weighted by molar-refractivity contribution is 0.0687. The lowest BCUT2D eigenvalue weighted by Gasteiger charge is -2.18. The van der Waals surface area contributed by atoms with Crippen LogP contribution in [0.4, 0.5) is 10.1 Å².